The molecule has 1 amide bonds. The first-order valence-electron chi connectivity index (χ1n) is 9.13. The Morgan fingerprint density at radius 2 is 1.94 bits per heavy atom. The predicted octanol–water partition coefficient (Wildman–Crippen LogP) is 4.13. The normalized spacial score (nSPS) is 18.2. The van der Waals surface area contributed by atoms with Gasteiger partial charge in [-0.2, -0.15) is 18.4 Å². The van der Waals surface area contributed by atoms with Crippen LogP contribution in [0.25, 0.3) is 4.85 Å². The minimum Gasteiger partial charge on any atom is -0.480 e. The van der Waals surface area contributed by atoms with E-state index in [0.717, 1.165) is 18.2 Å². The van der Waals surface area contributed by atoms with Crippen molar-refractivity contribution < 1.29 is 31.1 Å². The van der Waals surface area contributed by atoms with Crippen LogP contribution in [0.3, 0.4) is 0 Å². The van der Waals surface area contributed by atoms with Crippen molar-refractivity contribution in [2.24, 2.45) is 5.41 Å². The Balaban J connectivity index is 1.96. The highest BCUT2D eigenvalue weighted by Crippen LogP contribution is 2.41. The van der Waals surface area contributed by atoms with Gasteiger partial charge in [0.2, 0.25) is 0 Å². The van der Waals surface area contributed by atoms with E-state index in [2.05, 4.69) is 4.85 Å². The Labute approximate surface area is 182 Å². The minimum absolute atomic E-state index is 0.0874. The molecule has 0 N–H and O–H groups in total. The third-order valence-electron chi connectivity index (χ3n) is 4.93. The smallest absolute Gasteiger partial charge is 0.407 e. The number of nitriles is 1. The van der Waals surface area contributed by atoms with E-state index < -0.39 is 44.9 Å². The molecule has 0 aromatic heterocycles. The summed E-state index contributed by atoms with van der Waals surface area (Å²) in [6.07, 6.45) is -6.20. The summed E-state index contributed by atoms with van der Waals surface area (Å²) in [6.45, 7) is 9.72. The fourth-order valence-electron chi connectivity index (χ4n) is 3.31. The van der Waals surface area contributed by atoms with E-state index >= 15 is 0 Å². The van der Waals surface area contributed by atoms with Crippen LogP contribution >= 0.6 is 0 Å². The van der Waals surface area contributed by atoms with Crippen molar-refractivity contribution in [3.8, 4) is 11.8 Å². The second kappa shape index (κ2) is 7.84. The summed E-state index contributed by atoms with van der Waals surface area (Å²) in [6, 6.07) is 9.63. The third-order valence-corrected chi connectivity index (χ3v) is 6.67. The number of hydrogen-bond donors (Lipinski definition) is 0. The largest absolute Gasteiger partial charge is 0.480 e. The average Bonchev–Trinajstić information content (AvgIpc) is 2.97. The third kappa shape index (κ3) is 4.12. The summed E-state index contributed by atoms with van der Waals surface area (Å²) in [7, 11) is -4.33. The maximum absolute atomic E-state index is 13.2. The van der Waals surface area contributed by atoms with Gasteiger partial charge in [0.15, 0.2) is 11.8 Å². The molecule has 32 heavy (non-hydrogen) atoms. The summed E-state index contributed by atoms with van der Waals surface area (Å²) in [5, 5.41) is 9.01. The summed E-state index contributed by atoms with van der Waals surface area (Å²) >= 11 is 0. The number of rotatable bonds is 4. The molecule has 0 saturated carbocycles. The molecular weight excluding hydrogens is 447 g/mol. The Morgan fingerprint density at radius 1 is 1.25 bits per heavy atom. The second-order valence-electron chi connectivity index (χ2n) is 7.76. The maximum Gasteiger partial charge on any atom is 0.407 e. The van der Waals surface area contributed by atoms with Crippen molar-refractivity contribution in [1.29, 1.82) is 5.26 Å². The quantitative estimate of drug-likeness (QED) is 0.636. The standard InChI is InChI=1S/C21H16F3N3O4S/c1-20(2)12-27(32(29,30)15-6-4-5-13(9-15)11-25)19(28)18(20)31-14-7-8-17(26-3)16(10-14)21(22,23)24/h4-10,18H,12H2,1-2H3. The van der Waals surface area contributed by atoms with E-state index in [-0.39, 0.29) is 22.8 Å². The minimum atomic E-state index is -4.81. The van der Waals surface area contributed by atoms with Crippen LogP contribution in [0.4, 0.5) is 18.9 Å². The Hall–Kier alpha value is -3.57. The molecule has 11 heteroatoms. The van der Waals surface area contributed by atoms with Gasteiger partial charge in [0, 0.05) is 12.0 Å². The molecule has 1 aliphatic rings. The highest BCUT2D eigenvalue weighted by Gasteiger charge is 2.52. The van der Waals surface area contributed by atoms with Gasteiger partial charge in [0.25, 0.3) is 15.9 Å². The lowest BCUT2D eigenvalue weighted by Crippen LogP contribution is -2.38. The SMILES string of the molecule is [C-]#[N+]c1ccc(OC2C(=O)N(S(=O)(=O)c3cccc(C#N)c3)CC2(C)C)cc1C(F)(F)F. The van der Waals surface area contributed by atoms with Gasteiger partial charge in [-0.25, -0.2) is 17.6 Å². The molecule has 1 unspecified atom stereocenters. The number of carbonyl (C=O) groups excluding carboxylic acids is 1. The fraction of sp³-hybridized carbons (Fsp3) is 0.286. The Kier molecular flexibility index (Phi) is 5.66. The first-order valence-corrected chi connectivity index (χ1v) is 10.6. The zero-order valence-corrected chi connectivity index (χ0v) is 17.7. The number of hydrogen-bond acceptors (Lipinski definition) is 5. The summed E-state index contributed by atoms with van der Waals surface area (Å²) in [5.74, 6) is -1.26. The molecule has 166 valence electrons. The van der Waals surface area contributed by atoms with Gasteiger partial charge < -0.3 is 4.74 Å². The number of benzene rings is 2. The van der Waals surface area contributed by atoms with Crippen LogP contribution in [0.15, 0.2) is 47.4 Å². The highest BCUT2D eigenvalue weighted by molar-refractivity contribution is 7.89. The fourth-order valence-corrected chi connectivity index (χ4v) is 4.93. The van der Waals surface area contributed by atoms with Crippen molar-refractivity contribution in [2.75, 3.05) is 6.54 Å². The van der Waals surface area contributed by atoms with E-state index in [0.29, 0.717) is 10.4 Å². The van der Waals surface area contributed by atoms with Crippen LogP contribution in [0.2, 0.25) is 0 Å². The lowest BCUT2D eigenvalue weighted by atomic mass is 9.89. The summed E-state index contributed by atoms with van der Waals surface area (Å²) in [5.41, 5.74) is -2.83. The van der Waals surface area contributed by atoms with Crippen LogP contribution in [0.1, 0.15) is 25.0 Å². The Morgan fingerprint density at radius 3 is 2.53 bits per heavy atom. The summed E-state index contributed by atoms with van der Waals surface area (Å²) < 4.78 is 71.9. The van der Waals surface area contributed by atoms with E-state index in [1.165, 1.54) is 18.2 Å². The number of carbonyl (C=O) groups is 1. The molecule has 0 spiro atoms. The van der Waals surface area contributed by atoms with Crippen molar-refractivity contribution >= 4 is 21.6 Å². The van der Waals surface area contributed by atoms with Gasteiger partial charge in [-0.15, -0.1) is 0 Å². The molecular formula is C21H16F3N3O4S. The van der Waals surface area contributed by atoms with Gasteiger partial charge in [0.05, 0.1) is 28.7 Å². The average molecular weight is 463 g/mol. The molecule has 0 bridgehead atoms. The van der Waals surface area contributed by atoms with Crippen LogP contribution in [-0.4, -0.2) is 31.3 Å². The molecule has 1 heterocycles. The van der Waals surface area contributed by atoms with Gasteiger partial charge in [-0.3, -0.25) is 4.79 Å². The van der Waals surface area contributed by atoms with E-state index in [4.69, 9.17) is 16.6 Å². The van der Waals surface area contributed by atoms with Gasteiger partial charge >= 0.3 is 6.18 Å². The molecule has 0 radical (unpaired) electrons. The van der Waals surface area contributed by atoms with E-state index in [1.54, 1.807) is 13.8 Å². The van der Waals surface area contributed by atoms with Crippen LogP contribution < -0.4 is 4.74 Å². The number of nitrogens with zero attached hydrogens (tertiary/aromatic N) is 3. The zero-order chi connectivity index (χ0) is 23.9. The number of alkyl halides is 3. The van der Waals surface area contributed by atoms with E-state index in [9.17, 15) is 26.4 Å². The first kappa shape index (κ1) is 23.1. The zero-order valence-electron chi connectivity index (χ0n) is 16.8. The van der Waals surface area contributed by atoms with Gasteiger partial charge in [0.1, 0.15) is 5.75 Å². The number of halogens is 3. The van der Waals surface area contributed by atoms with Crippen molar-refractivity contribution in [1.82, 2.24) is 4.31 Å². The monoisotopic (exact) mass is 463 g/mol. The molecule has 0 aliphatic carbocycles. The van der Waals surface area contributed by atoms with E-state index in [1.807, 2.05) is 6.07 Å². The first-order chi connectivity index (χ1) is 14.8. The number of amides is 1. The topological polar surface area (TPSA) is 91.8 Å². The molecule has 1 aliphatic heterocycles. The van der Waals surface area contributed by atoms with Crippen LogP contribution in [-0.2, 0) is 21.0 Å². The molecule has 3 rings (SSSR count). The number of ether oxygens (including phenoxy) is 1. The molecule has 2 aromatic rings. The van der Waals surface area contributed by atoms with Crippen LogP contribution in [0.5, 0.6) is 5.75 Å². The number of sulfonamides is 1. The maximum atomic E-state index is 13.2. The predicted molar refractivity (Wildman–Crippen MR) is 106 cm³/mol. The van der Waals surface area contributed by atoms with Crippen molar-refractivity contribution in [2.45, 2.75) is 31.0 Å². The lowest BCUT2D eigenvalue weighted by molar-refractivity contribution is -0.137. The van der Waals surface area contributed by atoms with Crippen LogP contribution in [0, 0.1) is 23.3 Å². The van der Waals surface area contributed by atoms with Crippen molar-refractivity contribution in [3.05, 3.63) is 65.0 Å². The molecule has 2 aromatic carbocycles. The molecule has 1 fully saturated rings. The molecule has 1 saturated heterocycles. The molecule has 7 nitrogen and oxygen atoms in total. The highest BCUT2D eigenvalue weighted by atomic mass is 32.2. The second-order valence-corrected chi connectivity index (χ2v) is 9.63. The lowest BCUT2D eigenvalue weighted by Gasteiger charge is -2.24. The Bertz CT molecular complexity index is 1270. The van der Waals surface area contributed by atoms with Gasteiger partial charge in [-0.1, -0.05) is 26.0 Å². The van der Waals surface area contributed by atoms with Gasteiger partial charge in [-0.05, 0) is 30.3 Å². The molecule has 1 atom stereocenters. The summed E-state index contributed by atoms with van der Waals surface area (Å²) in [4.78, 5) is 15.6. The van der Waals surface area contributed by atoms with Crippen molar-refractivity contribution in [3.63, 3.8) is 0 Å².